The number of aromatic nitrogens is 1. The zero-order valence-corrected chi connectivity index (χ0v) is 33.0. The second-order valence-electron chi connectivity index (χ2n) is 15.3. The standard InChI is InChI=1S/C58H40N2/c1-3-15-44(16-4-1)53-25-14-26-55-54-23-10-12-28-57(54)60(58(53)55)56-27-11-9-22-52(56)46-35-39-49(40-36-46)59(47-19-5-2-6-20-47)48-37-33-42(34-38-48)41-29-31-45(32-30-41)51-24-13-18-43-17-7-8-21-50(43)51/h1-40H. The maximum Gasteiger partial charge on any atom is 0.0619 e. The summed E-state index contributed by atoms with van der Waals surface area (Å²) in [5, 5.41) is 5.03. The Morgan fingerprint density at radius 1 is 0.267 bits per heavy atom. The van der Waals surface area contributed by atoms with Crippen molar-refractivity contribution < 1.29 is 0 Å². The normalized spacial score (nSPS) is 11.3. The summed E-state index contributed by atoms with van der Waals surface area (Å²) in [4.78, 5) is 2.34. The van der Waals surface area contributed by atoms with Crippen LogP contribution in [0.5, 0.6) is 0 Å². The molecule has 0 bridgehead atoms. The van der Waals surface area contributed by atoms with Crippen molar-refractivity contribution in [1.82, 2.24) is 4.57 Å². The number of para-hydroxylation sites is 4. The minimum atomic E-state index is 1.10. The van der Waals surface area contributed by atoms with Crippen LogP contribution in [0, 0.1) is 0 Å². The molecule has 0 spiro atoms. The lowest BCUT2D eigenvalue weighted by molar-refractivity contribution is 1.18. The summed E-state index contributed by atoms with van der Waals surface area (Å²) in [6, 6.07) is 87.7. The van der Waals surface area contributed by atoms with Crippen LogP contribution >= 0.6 is 0 Å². The number of anilines is 3. The molecule has 11 aromatic rings. The third-order valence-corrected chi connectivity index (χ3v) is 11.8. The molecule has 60 heavy (non-hydrogen) atoms. The van der Waals surface area contributed by atoms with Crippen molar-refractivity contribution in [1.29, 1.82) is 0 Å². The van der Waals surface area contributed by atoms with E-state index < -0.39 is 0 Å². The van der Waals surface area contributed by atoms with Crippen LogP contribution in [0.1, 0.15) is 0 Å². The Hall–Kier alpha value is -7.94. The van der Waals surface area contributed by atoms with Gasteiger partial charge >= 0.3 is 0 Å². The fraction of sp³-hybridized carbons (Fsp3) is 0. The average Bonchev–Trinajstić information content (AvgIpc) is 3.67. The van der Waals surface area contributed by atoms with E-state index in [1.165, 1.54) is 71.5 Å². The topological polar surface area (TPSA) is 8.17 Å². The largest absolute Gasteiger partial charge is 0.311 e. The Balaban J connectivity index is 0.952. The second-order valence-corrected chi connectivity index (χ2v) is 15.3. The molecule has 0 aliphatic carbocycles. The zero-order chi connectivity index (χ0) is 39.8. The number of nitrogens with zero attached hydrogens (tertiary/aromatic N) is 2. The summed E-state index contributed by atoms with van der Waals surface area (Å²) in [6.45, 7) is 0. The van der Waals surface area contributed by atoms with Crippen LogP contribution in [0.4, 0.5) is 17.1 Å². The van der Waals surface area contributed by atoms with Gasteiger partial charge in [-0.3, -0.25) is 0 Å². The van der Waals surface area contributed by atoms with E-state index >= 15 is 0 Å². The molecule has 282 valence electrons. The molecule has 0 aliphatic rings. The quantitative estimate of drug-likeness (QED) is 0.150. The van der Waals surface area contributed by atoms with E-state index in [0.29, 0.717) is 0 Å². The van der Waals surface area contributed by atoms with Crippen LogP contribution in [0.15, 0.2) is 243 Å². The Labute approximate surface area is 350 Å². The van der Waals surface area contributed by atoms with Gasteiger partial charge in [0.1, 0.15) is 0 Å². The highest BCUT2D eigenvalue weighted by Gasteiger charge is 2.19. The van der Waals surface area contributed by atoms with E-state index in [0.717, 1.165) is 28.3 Å². The molecule has 1 heterocycles. The van der Waals surface area contributed by atoms with Crippen LogP contribution in [-0.4, -0.2) is 4.57 Å². The summed E-state index contributed by atoms with van der Waals surface area (Å²) in [5.41, 5.74) is 16.5. The summed E-state index contributed by atoms with van der Waals surface area (Å²) >= 11 is 0. The smallest absolute Gasteiger partial charge is 0.0619 e. The van der Waals surface area contributed by atoms with Gasteiger partial charge in [-0.05, 0) is 92.7 Å². The van der Waals surface area contributed by atoms with E-state index in [9.17, 15) is 0 Å². The van der Waals surface area contributed by atoms with Gasteiger partial charge in [-0.25, -0.2) is 0 Å². The SMILES string of the molecule is c1ccc(-c2cccc3c4ccccc4n(-c4ccccc4-c4ccc(N(c5ccccc5)c5ccc(-c6ccc(-c7cccc8ccccc78)cc6)cc5)cc4)c23)cc1. The van der Waals surface area contributed by atoms with Gasteiger partial charge in [0.05, 0.1) is 16.7 Å². The van der Waals surface area contributed by atoms with Crippen molar-refractivity contribution in [2.24, 2.45) is 0 Å². The van der Waals surface area contributed by atoms with Gasteiger partial charge in [-0.2, -0.15) is 0 Å². The maximum atomic E-state index is 2.46. The number of hydrogen-bond acceptors (Lipinski definition) is 1. The van der Waals surface area contributed by atoms with E-state index in [1.54, 1.807) is 0 Å². The molecule has 0 fully saturated rings. The van der Waals surface area contributed by atoms with Gasteiger partial charge in [0.2, 0.25) is 0 Å². The molecule has 11 rings (SSSR count). The van der Waals surface area contributed by atoms with Crippen molar-refractivity contribution in [3.63, 3.8) is 0 Å². The molecule has 2 heteroatoms. The number of fused-ring (bicyclic) bond motifs is 4. The monoisotopic (exact) mass is 764 g/mol. The third-order valence-electron chi connectivity index (χ3n) is 11.8. The highest BCUT2D eigenvalue weighted by Crippen LogP contribution is 2.42. The summed E-state index contributed by atoms with van der Waals surface area (Å²) in [6.07, 6.45) is 0. The summed E-state index contributed by atoms with van der Waals surface area (Å²) < 4.78 is 2.46. The Morgan fingerprint density at radius 2 is 0.717 bits per heavy atom. The summed E-state index contributed by atoms with van der Waals surface area (Å²) in [5.74, 6) is 0. The van der Waals surface area contributed by atoms with Crippen LogP contribution in [-0.2, 0) is 0 Å². The van der Waals surface area contributed by atoms with Crippen molar-refractivity contribution in [3.8, 4) is 50.2 Å². The highest BCUT2D eigenvalue weighted by molar-refractivity contribution is 6.14. The van der Waals surface area contributed by atoms with Gasteiger partial charge in [-0.15, -0.1) is 0 Å². The van der Waals surface area contributed by atoms with Crippen molar-refractivity contribution in [3.05, 3.63) is 243 Å². The average molecular weight is 765 g/mol. The van der Waals surface area contributed by atoms with Gasteiger partial charge in [0.15, 0.2) is 0 Å². The molecule has 0 N–H and O–H groups in total. The minimum Gasteiger partial charge on any atom is -0.311 e. The lowest BCUT2D eigenvalue weighted by Gasteiger charge is -2.26. The first-order valence-electron chi connectivity index (χ1n) is 20.6. The first kappa shape index (κ1) is 35.2. The molecule has 1 aromatic heterocycles. The second kappa shape index (κ2) is 15.1. The van der Waals surface area contributed by atoms with Crippen molar-refractivity contribution >= 4 is 49.6 Å². The summed E-state index contributed by atoms with van der Waals surface area (Å²) in [7, 11) is 0. The lowest BCUT2D eigenvalue weighted by atomic mass is 9.96. The van der Waals surface area contributed by atoms with Gasteiger partial charge in [0, 0.05) is 39.0 Å². The molecule has 0 saturated heterocycles. The van der Waals surface area contributed by atoms with E-state index in [-0.39, 0.29) is 0 Å². The highest BCUT2D eigenvalue weighted by atomic mass is 15.1. The minimum absolute atomic E-state index is 1.10. The molecule has 2 nitrogen and oxygen atoms in total. The van der Waals surface area contributed by atoms with Crippen molar-refractivity contribution in [2.45, 2.75) is 0 Å². The fourth-order valence-corrected chi connectivity index (χ4v) is 8.97. The molecule has 0 unspecified atom stereocenters. The van der Waals surface area contributed by atoms with Gasteiger partial charge in [-0.1, -0.05) is 194 Å². The molecule has 10 aromatic carbocycles. The lowest BCUT2D eigenvalue weighted by Crippen LogP contribution is -2.09. The first-order valence-corrected chi connectivity index (χ1v) is 20.6. The molecule has 0 saturated carbocycles. The number of rotatable bonds is 8. The number of hydrogen-bond donors (Lipinski definition) is 0. The molecular weight excluding hydrogens is 725 g/mol. The van der Waals surface area contributed by atoms with Crippen LogP contribution < -0.4 is 4.90 Å². The Morgan fingerprint density at radius 3 is 1.47 bits per heavy atom. The van der Waals surface area contributed by atoms with Gasteiger partial charge < -0.3 is 9.47 Å². The third kappa shape index (κ3) is 6.23. The van der Waals surface area contributed by atoms with E-state index in [4.69, 9.17) is 0 Å². The van der Waals surface area contributed by atoms with E-state index in [2.05, 4.69) is 252 Å². The molecular formula is C58H40N2. The fourth-order valence-electron chi connectivity index (χ4n) is 8.97. The van der Waals surface area contributed by atoms with Crippen LogP contribution in [0.2, 0.25) is 0 Å². The predicted octanol–water partition coefficient (Wildman–Crippen LogP) is 16.1. The predicted molar refractivity (Wildman–Crippen MR) is 255 cm³/mol. The number of benzene rings is 10. The molecule has 0 amide bonds. The molecule has 0 atom stereocenters. The Kier molecular flexibility index (Phi) is 8.87. The zero-order valence-electron chi connectivity index (χ0n) is 33.0. The van der Waals surface area contributed by atoms with Gasteiger partial charge in [0.25, 0.3) is 0 Å². The molecule has 0 aliphatic heterocycles. The van der Waals surface area contributed by atoms with Crippen LogP contribution in [0.25, 0.3) is 82.8 Å². The molecule has 0 radical (unpaired) electrons. The Bertz CT molecular complexity index is 3270. The van der Waals surface area contributed by atoms with Crippen molar-refractivity contribution in [2.75, 3.05) is 4.90 Å². The maximum absolute atomic E-state index is 2.46. The first-order chi connectivity index (χ1) is 29.8. The van der Waals surface area contributed by atoms with E-state index in [1.807, 2.05) is 0 Å². The van der Waals surface area contributed by atoms with Crippen LogP contribution in [0.3, 0.4) is 0 Å².